The van der Waals surface area contributed by atoms with Gasteiger partial charge in [0.15, 0.2) is 0 Å². The van der Waals surface area contributed by atoms with Gasteiger partial charge in [-0.05, 0) is 58.7 Å². The number of anilines is 2. The van der Waals surface area contributed by atoms with E-state index in [2.05, 4.69) is 26.6 Å². The number of carbonyl (C=O) groups excluding carboxylic acids is 1. The summed E-state index contributed by atoms with van der Waals surface area (Å²) >= 11 is 3.37. The topological polar surface area (TPSA) is 41.1 Å². The van der Waals surface area contributed by atoms with Crippen molar-refractivity contribution in [2.75, 3.05) is 10.6 Å². The summed E-state index contributed by atoms with van der Waals surface area (Å²) in [5.41, 5.74) is 2.14. The van der Waals surface area contributed by atoms with Crippen molar-refractivity contribution in [2.24, 2.45) is 0 Å². The summed E-state index contributed by atoms with van der Waals surface area (Å²) in [4.78, 5) is 11.8. The van der Waals surface area contributed by atoms with Gasteiger partial charge in [0, 0.05) is 10.2 Å². The zero-order valence-electron chi connectivity index (χ0n) is 10.2. The van der Waals surface area contributed by atoms with Gasteiger partial charge in [-0.15, -0.1) is 0 Å². The predicted molar refractivity (Wildman–Crippen MR) is 77.9 cm³/mol. The van der Waals surface area contributed by atoms with Crippen LogP contribution in [0, 0.1) is 12.7 Å². The van der Waals surface area contributed by atoms with E-state index in [0.717, 1.165) is 10.0 Å². The van der Waals surface area contributed by atoms with Crippen molar-refractivity contribution in [2.45, 2.75) is 6.92 Å². The molecule has 5 heteroatoms. The fraction of sp³-hybridized carbons (Fsp3) is 0.0714. The first-order valence-electron chi connectivity index (χ1n) is 5.64. The third kappa shape index (κ3) is 3.79. The van der Waals surface area contributed by atoms with Gasteiger partial charge in [-0.2, -0.15) is 0 Å². The molecule has 0 aliphatic carbocycles. The van der Waals surface area contributed by atoms with Gasteiger partial charge in [0.05, 0.1) is 5.69 Å². The molecule has 2 N–H and O–H groups in total. The van der Waals surface area contributed by atoms with Crippen molar-refractivity contribution in [3.05, 3.63) is 58.3 Å². The van der Waals surface area contributed by atoms with Gasteiger partial charge >= 0.3 is 6.03 Å². The highest BCUT2D eigenvalue weighted by atomic mass is 79.9. The van der Waals surface area contributed by atoms with E-state index < -0.39 is 11.8 Å². The zero-order valence-corrected chi connectivity index (χ0v) is 11.8. The molecule has 0 spiro atoms. The Hall–Kier alpha value is -1.88. The molecule has 0 saturated carbocycles. The first-order valence-corrected chi connectivity index (χ1v) is 6.43. The van der Waals surface area contributed by atoms with Gasteiger partial charge in [-0.3, -0.25) is 0 Å². The number of urea groups is 1. The normalized spacial score (nSPS) is 10.1. The number of aryl methyl sites for hydroxylation is 1. The van der Waals surface area contributed by atoms with Gasteiger partial charge in [0.1, 0.15) is 5.82 Å². The summed E-state index contributed by atoms with van der Waals surface area (Å²) in [6, 6.07) is 10.9. The van der Waals surface area contributed by atoms with E-state index in [0.29, 0.717) is 11.4 Å². The first-order chi connectivity index (χ1) is 9.04. The van der Waals surface area contributed by atoms with Crippen LogP contribution >= 0.6 is 15.9 Å². The van der Waals surface area contributed by atoms with Crippen molar-refractivity contribution in [1.82, 2.24) is 0 Å². The lowest BCUT2D eigenvalue weighted by Gasteiger charge is -2.09. The molecule has 0 atom stereocenters. The monoisotopic (exact) mass is 322 g/mol. The Bertz CT molecular complexity index is 616. The smallest absolute Gasteiger partial charge is 0.308 e. The number of carbonyl (C=O) groups is 1. The predicted octanol–water partition coefficient (Wildman–Crippen LogP) is 4.54. The molecule has 0 radical (unpaired) electrons. The van der Waals surface area contributed by atoms with Crippen LogP contribution in [0.5, 0.6) is 0 Å². The van der Waals surface area contributed by atoms with Crippen LogP contribution in [0.1, 0.15) is 5.56 Å². The summed E-state index contributed by atoms with van der Waals surface area (Å²) in [6.45, 7) is 1.96. The largest absolute Gasteiger partial charge is 0.323 e. The van der Waals surface area contributed by atoms with Crippen molar-refractivity contribution in [3.63, 3.8) is 0 Å². The second-order valence-corrected chi connectivity index (χ2v) is 4.93. The summed E-state index contributed by atoms with van der Waals surface area (Å²) in [5, 5.41) is 5.25. The Labute approximate surface area is 119 Å². The minimum Gasteiger partial charge on any atom is -0.308 e. The van der Waals surface area contributed by atoms with Crippen LogP contribution in [-0.4, -0.2) is 6.03 Å². The second kappa shape index (κ2) is 5.84. The quantitative estimate of drug-likeness (QED) is 0.837. The van der Waals surface area contributed by atoms with Crippen LogP contribution in [0.15, 0.2) is 46.9 Å². The van der Waals surface area contributed by atoms with E-state index in [9.17, 15) is 9.18 Å². The highest BCUT2D eigenvalue weighted by molar-refractivity contribution is 9.10. The Morgan fingerprint density at radius 3 is 2.63 bits per heavy atom. The molecule has 98 valence electrons. The van der Waals surface area contributed by atoms with Crippen molar-refractivity contribution >= 4 is 33.3 Å². The number of benzene rings is 2. The molecule has 0 aliphatic heterocycles. The molecule has 0 heterocycles. The summed E-state index contributed by atoms with van der Waals surface area (Å²) in [6.07, 6.45) is 0. The van der Waals surface area contributed by atoms with Crippen molar-refractivity contribution < 1.29 is 9.18 Å². The lowest BCUT2D eigenvalue weighted by atomic mass is 10.2. The van der Waals surface area contributed by atoms with E-state index in [1.54, 1.807) is 12.1 Å². The SMILES string of the molecule is Cc1ccc(NC(=O)Nc2cccc(F)c2)c(Br)c1. The standard InChI is InChI=1S/C14H12BrFN2O/c1-9-5-6-13(12(15)7-9)18-14(19)17-11-4-2-3-10(16)8-11/h2-8H,1H3,(H2,17,18,19). The third-order valence-electron chi connectivity index (χ3n) is 2.46. The van der Waals surface area contributed by atoms with Crippen molar-refractivity contribution in [1.29, 1.82) is 0 Å². The van der Waals surface area contributed by atoms with E-state index in [1.807, 2.05) is 19.1 Å². The van der Waals surface area contributed by atoms with Gasteiger partial charge in [-0.25, -0.2) is 9.18 Å². The van der Waals surface area contributed by atoms with Crippen LogP contribution in [0.25, 0.3) is 0 Å². The van der Waals surface area contributed by atoms with E-state index in [4.69, 9.17) is 0 Å². The van der Waals surface area contributed by atoms with Crippen LogP contribution in [0.3, 0.4) is 0 Å². The number of amides is 2. The number of nitrogens with one attached hydrogen (secondary N) is 2. The van der Waals surface area contributed by atoms with Crippen LogP contribution in [-0.2, 0) is 0 Å². The van der Waals surface area contributed by atoms with Gasteiger partial charge < -0.3 is 10.6 Å². The molecule has 0 aliphatic rings. The maximum atomic E-state index is 13.0. The minimum absolute atomic E-state index is 0.394. The minimum atomic E-state index is -0.421. The third-order valence-corrected chi connectivity index (χ3v) is 3.11. The number of halogens is 2. The lowest BCUT2D eigenvalue weighted by molar-refractivity contribution is 0.262. The molecule has 0 unspecified atom stereocenters. The number of hydrogen-bond acceptors (Lipinski definition) is 1. The molecule has 2 amide bonds. The number of hydrogen-bond donors (Lipinski definition) is 2. The molecule has 0 aromatic heterocycles. The summed E-state index contributed by atoms with van der Waals surface area (Å²) in [5.74, 6) is -0.394. The highest BCUT2D eigenvalue weighted by Gasteiger charge is 2.06. The summed E-state index contributed by atoms with van der Waals surface area (Å²) in [7, 11) is 0. The Morgan fingerprint density at radius 1 is 1.16 bits per heavy atom. The van der Waals surface area contributed by atoms with Gasteiger partial charge in [-0.1, -0.05) is 12.1 Å². The fourth-order valence-electron chi connectivity index (χ4n) is 1.57. The molecule has 0 fully saturated rings. The molecule has 0 saturated heterocycles. The van der Waals surface area contributed by atoms with Crippen LogP contribution in [0.2, 0.25) is 0 Å². The highest BCUT2D eigenvalue weighted by Crippen LogP contribution is 2.23. The Kier molecular flexibility index (Phi) is 4.16. The maximum absolute atomic E-state index is 13.0. The van der Waals surface area contributed by atoms with Crippen molar-refractivity contribution in [3.8, 4) is 0 Å². The van der Waals surface area contributed by atoms with Gasteiger partial charge in [0.25, 0.3) is 0 Å². The summed E-state index contributed by atoms with van der Waals surface area (Å²) < 4.78 is 13.8. The molecule has 2 aromatic rings. The fourth-order valence-corrected chi connectivity index (χ4v) is 2.16. The van der Waals surface area contributed by atoms with Crippen LogP contribution < -0.4 is 10.6 Å². The second-order valence-electron chi connectivity index (χ2n) is 4.07. The molecule has 19 heavy (non-hydrogen) atoms. The molecule has 0 bridgehead atoms. The molecular weight excluding hydrogens is 311 g/mol. The lowest BCUT2D eigenvalue weighted by Crippen LogP contribution is -2.19. The van der Waals surface area contributed by atoms with Gasteiger partial charge in [0.2, 0.25) is 0 Å². The zero-order chi connectivity index (χ0) is 13.8. The molecule has 2 aromatic carbocycles. The van der Waals surface area contributed by atoms with E-state index in [-0.39, 0.29) is 0 Å². The Balaban J connectivity index is 2.05. The van der Waals surface area contributed by atoms with E-state index in [1.165, 1.54) is 18.2 Å². The Morgan fingerprint density at radius 2 is 1.95 bits per heavy atom. The number of rotatable bonds is 2. The molecule has 2 rings (SSSR count). The first kappa shape index (κ1) is 13.5. The molecule has 3 nitrogen and oxygen atoms in total. The molecular formula is C14H12BrFN2O. The average molecular weight is 323 g/mol. The van der Waals surface area contributed by atoms with E-state index >= 15 is 0 Å². The average Bonchev–Trinajstić information content (AvgIpc) is 2.33. The van der Waals surface area contributed by atoms with Crippen LogP contribution in [0.4, 0.5) is 20.6 Å². The maximum Gasteiger partial charge on any atom is 0.323 e.